The number of likely N-dealkylation sites (N-methyl/N-ethyl adjacent to an activating group) is 2. The summed E-state index contributed by atoms with van der Waals surface area (Å²) in [5.41, 5.74) is 13.1. The molecule has 0 saturated heterocycles. The number of nitrogens with one attached hydrogen (secondary N) is 2. The summed E-state index contributed by atoms with van der Waals surface area (Å²) in [5, 5.41) is 27.0. The van der Waals surface area contributed by atoms with Gasteiger partial charge in [0.25, 0.3) is 0 Å². The number of nitroso groups, excluding NO2 is 1. The highest BCUT2D eigenvalue weighted by Gasteiger charge is 2.32. The molecule has 0 saturated carbocycles. The van der Waals surface area contributed by atoms with Crippen LogP contribution in [0.1, 0.15) is 44.5 Å². The molecule has 0 radical (unpaired) electrons. The van der Waals surface area contributed by atoms with Crippen molar-refractivity contribution in [3.05, 3.63) is 91.4 Å². The number of hydrogen-bond acceptors (Lipinski definition) is 11. The van der Waals surface area contributed by atoms with Crippen molar-refractivity contribution >= 4 is 34.0 Å². The monoisotopic (exact) mass is 768 g/mol. The average Bonchev–Trinajstić information content (AvgIpc) is 3.53. The van der Waals surface area contributed by atoms with Crippen molar-refractivity contribution in [2.75, 3.05) is 46.9 Å². The fourth-order valence-electron chi connectivity index (χ4n) is 8.22. The fourth-order valence-corrected chi connectivity index (χ4v) is 8.22. The number of fused-ring (bicyclic) bond motifs is 6. The Labute approximate surface area is 321 Å². The topological polar surface area (TPSA) is 161 Å². The van der Waals surface area contributed by atoms with E-state index < -0.39 is 11.8 Å². The van der Waals surface area contributed by atoms with Gasteiger partial charge < -0.3 is 34.5 Å². The van der Waals surface area contributed by atoms with Crippen LogP contribution in [0, 0.1) is 37.3 Å². The minimum absolute atomic E-state index is 0.0157. The Hall–Kier alpha value is -6.06. The Morgan fingerprint density at radius 1 is 0.875 bits per heavy atom. The van der Waals surface area contributed by atoms with Crippen molar-refractivity contribution in [2.45, 2.75) is 46.7 Å². The number of carboxylic acid groups (broad SMARTS) is 1. The summed E-state index contributed by atoms with van der Waals surface area (Å²) < 4.78 is 39.9. The minimum Gasteiger partial charge on any atom is -0.496 e. The fraction of sp³-hybridized carbons (Fsp3) is 0.317. The Morgan fingerprint density at radius 3 is 2.23 bits per heavy atom. The zero-order valence-corrected chi connectivity index (χ0v) is 32.1. The minimum atomic E-state index is -1.20. The number of methoxy groups -OCH3 is 2. The van der Waals surface area contributed by atoms with E-state index in [1.165, 1.54) is 25.3 Å². The molecule has 0 unspecified atom stereocenters. The third-order valence-electron chi connectivity index (χ3n) is 11.1. The molecule has 0 spiro atoms. The molecule has 0 atom stereocenters. The number of carboxylic acids is 1. The van der Waals surface area contributed by atoms with Crippen LogP contribution in [-0.4, -0.2) is 78.1 Å². The van der Waals surface area contributed by atoms with E-state index in [-0.39, 0.29) is 23.1 Å². The lowest BCUT2D eigenvalue weighted by molar-refractivity contribution is -0.129. The number of ether oxygens (including phenoxy) is 2. The number of aliphatic carboxylic acids is 1. The number of oxime groups is 1. The zero-order chi connectivity index (χ0) is 40.2. The Kier molecular flexibility index (Phi) is 10.2. The standard InChI is InChI=1S/C22H24FN3O3.C19H18FN3O4/c1-10-11(2)21(29-5)14(8-16(10)23)17-12(3)18-19(24-22(27)20(18)25-28)15-9-26(4)7-6-13(15)17;1-23-6-5-11-12(13-7-10(20)3-4-16(13)26-2)8-14-17(15(11)9-23)21-27-22-18(14)19(24)25/h8,24,27H,6-7,9H2,1-5H3;3-4,7-8,21H,5-6,9H2,1-2H3,(H,24,25). The molecule has 4 N–H and O–H groups in total. The molecule has 3 aliphatic heterocycles. The highest BCUT2D eigenvalue weighted by atomic mass is 19.1. The molecule has 15 heteroatoms. The van der Waals surface area contributed by atoms with E-state index in [0.29, 0.717) is 63.4 Å². The molecule has 3 aliphatic rings. The van der Waals surface area contributed by atoms with Gasteiger partial charge in [0.15, 0.2) is 11.4 Å². The van der Waals surface area contributed by atoms with Gasteiger partial charge in [0.1, 0.15) is 23.1 Å². The van der Waals surface area contributed by atoms with Crippen LogP contribution in [0.3, 0.4) is 0 Å². The number of nitrogens with zero attached hydrogens (tertiary/aromatic N) is 4. The quantitative estimate of drug-likeness (QED) is 0.126. The first-order valence-corrected chi connectivity index (χ1v) is 18.0. The van der Waals surface area contributed by atoms with Crippen molar-refractivity contribution in [3.63, 3.8) is 0 Å². The summed E-state index contributed by atoms with van der Waals surface area (Å²) in [7, 11) is 7.11. The van der Waals surface area contributed by atoms with Crippen molar-refractivity contribution in [3.8, 4) is 39.6 Å². The number of aromatic amines is 1. The van der Waals surface area contributed by atoms with E-state index in [1.54, 1.807) is 26.2 Å². The second-order valence-corrected chi connectivity index (χ2v) is 14.4. The van der Waals surface area contributed by atoms with Gasteiger partial charge in [-0.25, -0.2) is 13.6 Å². The summed E-state index contributed by atoms with van der Waals surface area (Å²) in [6.07, 6.45) is 1.49. The van der Waals surface area contributed by atoms with Gasteiger partial charge in [-0.15, -0.1) is 4.91 Å². The van der Waals surface area contributed by atoms with Gasteiger partial charge in [-0.3, -0.25) is 4.94 Å². The second-order valence-electron chi connectivity index (χ2n) is 14.4. The maximum Gasteiger partial charge on any atom is 0.358 e. The van der Waals surface area contributed by atoms with Gasteiger partial charge in [0.2, 0.25) is 5.88 Å². The van der Waals surface area contributed by atoms with Gasteiger partial charge in [-0.2, -0.15) is 5.48 Å². The van der Waals surface area contributed by atoms with Crippen LogP contribution in [0.15, 0.2) is 40.7 Å². The van der Waals surface area contributed by atoms with Crippen molar-refractivity contribution in [1.82, 2.24) is 14.8 Å². The average molecular weight is 769 g/mol. The maximum atomic E-state index is 14.8. The molecule has 8 rings (SSSR count). The van der Waals surface area contributed by atoms with Crippen molar-refractivity contribution < 1.29 is 38.2 Å². The Balaban J connectivity index is 0.000000172. The van der Waals surface area contributed by atoms with Crippen molar-refractivity contribution in [2.24, 2.45) is 10.3 Å². The van der Waals surface area contributed by atoms with Crippen molar-refractivity contribution in [1.29, 1.82) is 0 Å². The molecule has 0 aliphatic carbocycles. The molecule has 4 heterocycles. The van der Waals surface area contributed by atoms with Gasteiger partial charge in [0.05, 0.1) is 25.4 Å². The second kappa shape index (κ2) is 14.9. The number of hydrogen-bond donors (Lipinski definition) is 4. The number of benzene rings is 4. The summed E-state index contributed by atoms with van der Waals surface area (Å²) in [6.45, 7) is 8.39. The van der Waals surface area contributed by atoms with E-state index in [9.17, 15) is 28.7 Å². The zero-order valence-electron chi connectivity index (χ0n) is 32.1. The van der Waals surface area contributed by atoms with E-state index in [4.69, 9.17) is 14.4 Å². The highest BCUT2D eigenvalue weighted by Crippen LogP contribution is 2.49. The molecule has 1 aromatic heterocycles. The molecule has 5 aromatic rings. The molecule has 4 aromatic carbocycles. The van der Waals surface area contributed by atoms with Gasteiger partial charge in [-0.05, 0) is 138 Å². The van der Waals surface area contributed by atoms with Crippen LogP contribution in [0.5, 0.6) is 17.4 Å². The first-order chi connectivity index (χ1) is 26.8. The smallest absolute Gasteiger partial charge is 0.358 e. The van der Waals surface area contributed by atoms with Gasteiger partial charge in [-0.1, -0.05) is 0 Å². The Morgan fingerprint density at radius 2 is 1.57 bits per heavy atom. The van der Waals surface area contributed by atoms with E-state index >= 15 is 0 Å². The number of rotatable bonds is 6. The number of carbonyl (C=O) groups is 1. The van der Waals surface area contributed by atoms with Crippen LogP contribution in [0.4, 0.5) is 20.2 Å². The third-order valence-corrected chi connectivity index (χ3v) is 11.1. The number of aromatic nitrogens is 1. The molecular weight excluding hydrogens is 726 g/mol. The first kappa shape index (κ1) is 38.2. The summed E-state index contributed by atoms with van der Waals surface area (Å²) in [4.78, 5) is 35.3. The largest absolute Gasteiger partial charge is 0.496 e. The lowest BCUT2D eigenvalue weighted by Crippen LogP contribution is -2.30. The lowest BCUT2D eigenvalue weighted by Gasteiger charge is -2.31. The SMILES string of the molecule is COc1c(-c2c3c(c4[nH]c(O)c(N=O)c4c2C)CN(C)CC3)cc(F)c(C)c1C.COc1ccc(F)cc1-c1cc2c(c3c1CCN(C)C3)NON=C2C(=O)O. The van der Waals surface area contributed by atoms with Crippen LogP contribution in [0.2, 0.25) is 0 Å². The molecule has 0 fully saturated rings. The number of H-pyrrole nitrogens is 1. The molecule has 13 nitrogen and oxygen atoms in total. The maximum absolute atomic E-state index is 14.8. The van der Waals surface area contributed by atoms with Crippen LogP contribution >= 0.6 is 0 Å². The number of anilines is 1. The summed E-state index contributed by atoms with van der Waals surface area (Å²) in [5.74, 6) is -0.994. The van der Waals surface area contributed by atoms with Crippen LogP contribution in [-0.2, 0) is 35.7 Å². The molecule has 0 bridgehead atoms. The molecule has 56 heavy (non-hydrogen) atoms. The Bertz CT molecular complexity index is 2480. The third kappa shape index (κ3) is 6.35. The predicted molar refractivity (Wildman–Crippen MR) is 209 cm³/mol. The predicted octanol–water partition coefficient (Wildman–Crippen LogP) is 7.63. The molecular formula is C41H42F2N6O7. The number of halogens is 2. The molecule has 292 valence electrons. The van der Waals surface area contributed by atoms with E-state index in [1.807, 2.05) is 27.9 Å². The summed E-state index contributed by atoms with van der Waals surface area (Å²) in [6, 6.07) is 7.54. The molecule has 0 amide bonds. The normalized spacial score (nSPS) is 15.0. The van der Waals surface area contributed by atoms with Crippen LogP contribution < -0.4 is 15.0 Å². The van der Waals surface area contributed by atoms with Gasteiger partial charge in [0, 0.05) is 48.3 Å². The van der Waals surface area contributed by atoms with E-state index in [0.717, 1.165) is 70.4 Å². The summed E-state index contributed by atoms with van der Waals surface area (Å²) >= 11 is 0. The van der Waals surface area contributed by atoms with Gasteiger partial charge >= 0.3 is 5.97 Å². The van der Waals surface area contributed by atoms with Crippen LogP contribution in [0.25, 0.3) is 33.2 Å². The number of aryl methyl sites for hydroxylation is 1. The van der Waals surface area contributed by atoms with E-state index in [2.05, 4.69) is 30.6 Å². The highest BCUT2D eigenvalue weighted by molar-refractivity contribution is 6.44. The lowest BCUT2D eigenvalue weighted by atomic mass is 9.84. The first-order valence-electron chi connectivity index (χ1n) is 18.0. The number of aromatic hydroxyl groups is 1.